The van der Waals surface area contributed by atoms with E-state index in [9.17, 15) is 14.4 Å². The molecule has 17 heavy (non-hydrogen) atoms. The summed E-state index contributed by atoms with van der Waals surface area (Å²) in [5.41, 5.74) is 3.55. The first-order chi connectivity index (χ1) is 7.70. The Kier molecular flexibility index (Phi) is 6.01. The van der Waals surface area contributed by atoms with Crippen molar-refractivity contribution in [3.05, 3.63) is 0 Å². The van der Waals surface area contributed by atoms with E-state index in [-0.39, 0.29) is 19.3 Å². The van der Waals surface area contributed by atoms with Crippen molar-refractivity contribution in [2.45, 2.75) is 45.6 Å². The fourth-order valence-electron chi connectivity index (χ4n) is 0.887. The molecule has 98 valence electrons. The summed E-state index contributed by atoms with van der Waals surface area (Å²) < 4.78 is 4.87. The van der Waals surface area contributed by atoms with Gasteiger partial charge in [-0.3, -0.25) is 15.0 Å². The second kappa shape index (κ2) is 6.72. The number of nitrogens with one attached hydrogen (secondary N) is 2. The van der Waals surface area contributed by atoms with Crippen molar-refractivity contribution in [3.63, 3.8) is 0 Å². The third-order valence-corrected chi connectivity index (χ3v) is 1.50. The zero-order valence-corrected chi connectivity index (χ0v) is 10.2. The summed E-state index contributed by atoms with van der Waals surface area (Å²) in [6.45, 7) is 5.09. The van der Waals surface area contributed by atoms with Gasteiger partial charge in [0.1, 0.15) is 5.60 Å². The molecule has 2 amide bonds. The first-order valence-electron chi connectivity index (χ1n) is 5.20. The van der Waals surface area contributed by atoms with E-state index in [0.29, 0.717) is 0 Å². The predicted molar refractivity (Wildman–Crippen MR) is 59.0 cm³/mol. The van der Waals surface area contributed by atoms with Gasteiger partial charge >= 0.3 is 12.1 Å². The lowest BCUT2D eigenvalue weighted by Crippen LogP contribution is -2.44. The molecule has 0 spiro atoms. The first kappa shape index (κ1) is 15.2. The summed E-state index contributed by atoms with van der Waals surface area (Å²) in [4.78, 5) is 32.4. The highest BCUT2D eigenvalue weighted by Gasteiger charge is 2.16. The zero-order chi connectivity index (χ0) is 13.5. The van der Waals surface area contributed by atoms with Gasteiger partial charge < -0.3 is 9.84 Å². The summed E-state index contributed by atoms with van der Waals surface area (Å²) in [5, 5.41) is 8.35. The second-order valence-electron chi connectivity index (χ2n) is 4.42. The van der Waals surface area contributed by atoms with Gasteiger partial charge in [0.2, 0.25) is 5.91 Å². The molecule has 0 atom stereocenters. The minimum absolute atomic E-state index is 0.0299. The fourth-order valence-corrected chi connectivity index (χ4v) is 0.887. The number of hydrazine groups is 1. The molecule has 7 heteroatoms. The average molecular weight is 246 g/mol. The Morgan fingerprint density at radius 2 is 1.71 bits per heavy atom. The van der Waals surface area contributed by atoms with Crippen molar-refractivity contribution in [3.8, 4) is 0 Å². The maximum Gasteiger partial charge on any atom is 0.426 e. The molecule has 3 N–H and O–H groups in total. The largest absolute Gasteiger partial charge is 0.481 e. The monoisotopic (exact) mass is 246 g/mol. The Morgan fingerprint density at radius 3 is 2.18 bits per heavy atom. The molecular formula is C10H18N2O5. The van der Waals surface area contributed by atoms with Crippen LogP contribution in [0.1, 0.15) is 40.0 Å². The molecule has 0 heterocycles. The molecule has 0 aliphatic heterocycles. The van der Waals surface area contributed by atoms with Crippen LogP contribution in [0.4, 0.5) is 4.79 Å². The molecule has 0 unspecified atom stereocenters. The molecule has 0 aromatic heterocycles. The maximum absolute atomic E-state index is 11.1. The lowest BCUT2D eigenvalue weighted by atomic mass is 10.2. The molecular weight excluding hydrogens is 228 g/mol. The number of rotatable bonds is 4. The Bertz CT molecular complexity index is 296. The van der Waals surface area contributed by atoms with Gasteiger partial charge in [-0.2, -0.15) is 0 Å². The summed E-state index contributed by atoms with van der Waals surface area (Å²) in [5.74, 6) is -1.42. The van der Waals surface area contributed by atoms with Gasteiger partial charge in [0.05, 0.1) is 0 Å². The molecule has 0 bridgehead atoms. The number of ether oxygens (including phenoxy) is 1. The van der Waals surface area contributed by atoms with E-state index >= 15 is 0 Å². The fraction of sp³-hybridized carbons (Fsp3) is 0.700. The van der Waals surface area contributed by atoms with Crippen LogP contribution in [0.2, 0.25) is 0 Å². The van der Waals surface area contributed by atoms with E-state index in [4.69, 9.17) is 9.84 Å². The molecule has 0 aromatic rings. The maximum atomic E-state index is 11.1. The molecule has 0 saturated carbocycles. The van der Waals surface area contributed by atoms with Crippen molar-refractivity contribution < 1.29 is 24.2 Å². The highest BCUT2D eigenvalue weighted by molar-refractivity contribution is 5.79. The van der Waals surface area contributed by atoms with Crippen LogP contribution in [-0.4, -0.2) is 28.7 Å². The summed E-state index contributed by atoms with van der Waals surface area (Å²) in [7, 11) is 0. The van der Waals surface area contributed by atoms with Crippen LogP contribution in [0.5, 0.6) is 0 Å². The van der Waals surface area contributed by atoms with E-state index in [2.05, 4.69) is 10.9 Å². The average Bonchev–Trinajstić information content (AvgIpc) is 2.11. The predicted octanol–water partition coefficient (Wildman–Crippen LogP) is 0.797. The van der Waals surface area contributed by atoms with Crippen LogP contribution in [-0.2, 0) is 14.3 Å². The van der Waals surface area contributed by atoms with E-state index < -0.39 is 23.6 Å². The van der Waals surface area contributed by atoms with Crippen LogP contribution >= 0.6 is 0 Å². The second-order valence-corrected chi connectivity index (χ2v) is 4.42. The summed E-state index contributed by atoms with van der Waals surface area (Å²) in [6.07, 6.45) is -0.594. The number of carboxylic acids is 1. The number of carbonyl (C=O) groups is 3. The Hall–Kier alpha value is -1.79. The van der Waals surface area contributed by atoms with Crippen molar-refractivity contribution in [2.75, 3.05) is 0 Å². The number of hydrogen-bond donors (Lipinski definition) is 3. The Morgan fingerprint density at radius 1 is 1.12 bits per heavy atom. The minimum Gasteiger partial charge on any atom is -0.481 e. The molecule has 0 aromatic carbocycles. The van der Waals surface area contributed by atoms with E-state index in [1.54, 1.807) is 20.8 Å². The Labute approximate surface area is 99.5 Å². The highest BCUT2D eigenvalue weighted by Crippen LogP contribution is 2.05. The van der Waals surface area contributed by atoms with E-state index in [1.165, 1.54) is 0 Å². The van der Waals surface area contributed by atoms with Crippen molar-refractivity contribution in [2.24, 2.45) is 0 Å². The van der Waals surface area contributed by atoms with Gasteiger partial charge in [-0.15, -0.1) is 0 Å². The third-order valence-electron chi connectivity index (χ3n) is 1.50. The topological polar surface area (TPSA) is 105 Å². The number of amides is 2. The highest BCUT2D eigenvalue weighted by atomic mass is 16.6. The van der Waals surface area contributed by atoms with E-state index in [1.807, 2.05) is 0 Å². The van der Waals surface area contributed by atoms with Crippen molar-refractivity contribution in [1.82, 2.24) is 10.9 Å². The SMILES string of the molecule is CC(C)(C)OC(=O)NNC(=O)CCCC(=O)O. The van der Waals surface area contributed by atoms with Crippen LogP contribution in [0, 0.1) is 0 Å². The number of aliphatic carboxylic acids is 1. The molecule has 0 fully saturated rings. The van der Waals surface area contributed by atoms with Gasteiger partial charge in [0.25, 0.3) is 0 Å². The van der Waals surface area contributed by atoms with Crippen LogP contribution in [0.25, 0.3) is 0 Å². The molecule has 0 aliphatic carbocycles. The Balaban J connectivity index is 3.70. The molecule has 7 nitrogen and oxygen atoms in total. The lowest BCUT2D eigenvalue weighted by molar-refractivity contribution is -0.137. The molecule has 0 saturated heterocycles. The first-order valence-corrected chi connectivity index (χ1v) is 5.20. The zero-order valence-electron chi connectivity index (χ0n) is 10.2. The van der Waals surface area contributed by atoms with Gasteiger partial charge in [-0.25, -0.2) is 10.2 Å². The van der Waals surface area contributed by atoms with E-state index in [0.717, 1.165) is 0 Å². The van der Waals surface area contributed by atoms with Gasteiger partial charge in [0.15, 0.2) is 0 Å². The third kappa shape index (κ3) is 10.5. The number of hydrogen-bond acceptors (Lipinski definition) is 4. The minimum atomic E-state index is -0.960. The molecule has 0 rings (SSSR count). The van der Waals surface area contributed by atoms with Crippen LogP contribution in [0.15, 0.2) is 0 Å². The van der Waals surface area contributed by atoms with Gasteiger partial charge in [0, 0.05) is 12.8 Å². The summed E-state index contributed by atoms with van der Waals surface area (Å²) in [6, 6.07) is 0. The van der Waals surface area contributed by atoms with Crippen LogP contribution < -0.4 is 10.9 Å². The van der Waals surface area contributed by atoms with Crippen LogP contribution in [0.3, 0.4) is 0 Å². The van der Waals surface area contributed by atoms with Gasteiger partial charge in [-0.1, -0.05) is 0 Å². The number of carboxylic acid groups (broad SMARTS) is 1. The quantitative estimate of drug-likeness (QED) is 0.636. The van der Waals surface area contributed by atoms with Crippen molar-refractivity contribution >= 4 is 18.0 Å². The standard InChI is InChI=1S/C10H18N2O5/c1-10(2,3)17-9(16)12-11-7(13)5-4-6-8(14)15/h4-6H2,1-3H3,(H,11,13)(H,12,16)(H,14,15). The normalized spacial score (nSPS) is 10.5. The molecule has 0 aliphatic rings. The summed E-state index contributed by atoms with van der Waals surface area (Å²) >= 11 is 0. The lowest BCUT2D eigenvalue weighted by Gasteiger charge is -2.19. The van der Waals surface area contributed by atoms with Gasteiger partial charge in [-0.05, 0) is 27.2 Å². The smallest absolute Gasteiger partial charge is 0.426 e. The number of carbonyl (C=O) groups excluding carboxylic acids is 2. The van der Waals surface area contributed by atoms with Crippen molar-refractivity contribution in [1.29, 1.82) is 0 Å². The molecule has 0 radical (unpaired) electrons.